The SMILES string of the molecule is O=C(CS[C@H]1CC(=O)N(c2ccc(C(=O)[O-])cc2)C1=O)Nc1cccc(F)c1. The van der Waals surface area contributed by atoms with Crippen molar-refractivity contribution in [3.05, 3.63) is 59.9 Å². The van der Waals surface area contributed by atoms with Gasteiger partial charge in [-0.25, -0.2) is 9.29 Å². The van der Waals surface area contributed by atoms with E-state index in [-0.39, 0.29) is 23.4 Å². The number of nitrogens with zero attached hydrogens (tertiary/aromatic N) is 1. The Morgan fingerprint density at radius 3 is 2.54 bits per heavy atom. The number of carbonyl (C=O) groups is 4. The maximum atomic E-state index is 13.1. The van der Waals surface area contributed by atoms with E-state index in [1.54, 1.807) is 0 Å². The Morgan fingerprint density at radius 1 is 1.18 bits per heavy atom. The van der Waals surface area contributed by atoms with Crippen molar-refractivity contribution in [1.29, 1.82) is 0 Å². The molecule has 0 bridgehead atoms. The smallest absolute Gasteiger partial charge is 0.247 e. The number of carboxylic acids is 1. The quantitative estimate of drug-likeness (QED) is 0.729. The van der Waals surface area contributed by atoms with Crippen molar-refractivity contribution in [2.75, 3.05) is 16.0 Å². The molecule has 2 aromatic carbocycles. The number of hydrogen-bond donors (Lipinski definition) is 1. The first-order valence-corrected chi connectivity index (χ1v) is 9.25. The fourth-order valence-corrected chi connectivity index (χ4v) is 3.62. The number of anilines is 2. The third kappa shape index (κ3) is 4.37. The van der Waals surface area contributed by atoms with Crippen LogP contribution in [-0.4, -0.2) is 34.7 Å². The van der Waals surface area contributed by atoms with Gasteiger partial charge in [0.1, 0.15) is 5.82 Å². The first-order valence-electron chi connectivity index (χ1n) is 8.20. The highest BCUT2D eigenvalue weighted by atomic mass is 32.2. The summed E-state index contributed by atoms with van der Waals surface area (Å²) in [4.78, 5) is 48.5. The second kappa shape index (κ2) is 8.22. The van der Waals surface area contributed by atoms with Crippen molar-refractivity contribution >= 4 is 46.8 Å². The molecule has 1 aliphatic heterocycles. The summed E-state index contributed by atoms with van der Waals surface area (Å²) in [7, 11) is 0. The van der Waals surface area contributed by atoms with E-state index in [1.165, 1.54) is 48.5 Å². The molecule has 0 aromatic heterocycles. The first-order chi connectivity index (χ1) is 13.3. The van der Waals surface area contributed by atoms with Crippen LogP contribution in [0.1, 0.15) is 16.8 Å². The zero-order valence-electron chi connectivity index (χ0n) is 14.4. The van der Waals surface area contributed by atoms with Crippen LogP contribution in [0.5, 0.6) is 0 Å². The van der Waals surface area contributed by atoms with Crippen LogP contribution in [0.15, 0.2) is 48.5 Å². The zero-order chi connectivity index (χ0) is 20.3. The number of carboxylic acid groups (broad SMARTS) is 1. The van der Waals surface area contributed by atoms with Crippen molar-refractivity contribution in [2.24, 2.45) is 0 Å². The van der Waals surface area contributed by atoms with Gasteiger partial charge >= 0.3 is 0 Å². The monoisotopic (exact) mass is 401 g/mol. The lowest BCUT2D eigenvalue weighted by Gasteiger charge is -2.15. The van der Waals surface area contributed by atoms with Crippen molar-refractivity contribution in [3.8, 4) is 0 Å². The van der Waals surface area contributed by atoms with E-state index in [2.05, 4.69) is 5.32 Å². The first kappa shape index (κ1) is 19.6. The van der Waals surface area contributed by atoms with Crippen LogP contribution in [0, 0.1) is 5.82 Å². The van der Waals surface area contributed by atoms with Crippen LogP contribution < -0.4 is 15.3 Å². The van der Waals surface area contributed by atoms with Crippen molar-refractivity contribution < 1.29 is 28.7 Å². The zero-order valence-corrected chi connectivity index (χ0v) is 15.2. The summed E-state index contributed by atoms with van der Waals surface area (Å²) in [6, 6.07) is 10.6. The van der Waals surface area contributed by atoms with Gasteiger partial charge in [-0.05, 0) is 35.9 Å². The molecule has 1 heterocycles. The van der Waals surface area contributed by atoms with Gasteiger partial charge in [-0.3, -0.25) is 14.4 Å². The Hall–Kier alpha value is -3.20. The average molecular weight is 401 g/mol. The largest absolute Gasteiger partial charge is 0.545 e. The Balaban J connectivity index is 1.60. The fraction of sp³-hybridized carbons (Fsp3) is 0.158. The summed E-state index contributed by atoms with van der Waals surface area (Å²) < 4.78 is 13.1. The second-order valence-corrected chi connectivity index (χ2v) is 7.16. The van der Waals surface area contributed by atoms with Crippen LogP contribution in [0.4, 0.5) is 15.8 Å². The van der Waals surface area contributed by atoms with Gasteiger partial charge in [0, 0.05) is 12.1 Å². The van der Waals surface area contributed by atoms with E-state index in [0.717, 1.165) is 16.7 Å². The van der Waals surface area contributed by atoms with E-state index in [9.17, 15) is 28.7 Å². The highest BCUT2D eigenvalue weighted by Crippen LogP contribution is 2.30. The van der Waals surface area contributed by atoms with E-state index in [0.29, 0.717) is 5.69 Å². The summed E-state index contributed by atoms with van der Waals surface area (Å²) in [6.45, 7) is 0. The molecule has 3 amide bonds. The summed E-state index contributed by atoms with van der Waals surface area (Å²) in [5, 5.41) is 12.6. The second-order valence-electron chi connectivity index (χ2n) is 5.96. The van der Waals surface area contributed by atoms with E-state index < -0.39 is 34.8 Å². The lowest BCUT2D eigenvalue weighted by atomic mass is 10.2. The average Bonchev–Trinajstić information content (AvgIpc) is 2.93. The summed E-state index contributed by atoms with van der Waals surface area (Å²) in [6.07, 6.45) is -0.0705. The molecule has 2 aromatic rings. The third-order valence-electron chi connectivity index (χ3n) is 3.99. The third-order valence-corrected chi connectivity index (χ3v) is 5.19. The van der Waals surface area contributed by atoms with Crippen LogP contribution in [-0.2, 0) is 14.4 Å². The summed E-state index contributed by atoms with van der Waals surface area (Å²) in [5.74, 6) is -3.26. The molecule has 0 spiro atoms. The minimum absolute atomic E-state index is 0.0669. The number of nitrogens with one attached hydrogen (secondary N) is 1. The van der Waals surface area contributed by atoms with Gasteiger partial charge in [-0.15, -0.1) is 11.8 Å². The lowest BCUT2D eigenvalue weighted by Crippen LogP contribution is -2.31. The molecule has 1 atom stereocenters. The standard InChI is InChI=1S/C19H15FN2O5S/c20-12-2-1-3-13(8-12)21-16(23)10-28-15-9-17(24)22(18(15)25)14-6-4-11(5-7-14)19(26)27/h1-8,15H,9-10H2,(H,21,23)(H,26,27)/p-1/t15-/m0/s1. The van der Waals surface area contributed by atoms with Crippen LogP contribution in [0.2, 0.25) is 0 Å². The van der Waals surface area contributed by atoms with Gasteiger partial charge in [-0.1, -0.05) is 18.2 Å². The molecule has 0 aliphatic carbocycles. The number of halogens is 1. The van der Waals surface area contributed by atoms with Gasteiger partial charge in [0.25, 0.3) is 0 Å². The molecule has 0 unspecified atom stereocenters. The number of rotatable bonds is 6. The minimum atomic E-state index is -1.36. The van der Waals surface area contributed by atoms with Gasteiger partial charge in [0.05, 0.1) is 22.7 Å². The molecule has 1 N–H and O–H groups in total. The fourth-order valence-electron chi connectivity index (χ4n) is 2.69. The molecule has 1 fully saturated rings. The molecule has 0 saturated carbocycles. The Morgan fingerprint density at radius 2 is 1.89 bits per heavy atom. The lowest BCUT2D eigenvalue weighted by molar-refractivity contribution is -0.255. The maximum absolute atomic E-state index is 13.1. The molecule has 1 saturated heterocycles. The molecule has 1 aliphatic rings. The molecular weight excluding hydrogens is 387 g/mol. The normalized spacial score (nSPS) is 16.3. The number of aromatic carboxylic acids is 1. The summed E-state index contributed by atoms with van der Waals surface area (Å²) in [5.41, 5.74) is 0.490. The predicted molar refractivity (Wildman–Crippen MR) is 99.2 cm³/mol. The Bertz CT molecular complexity index is 948. The molecule has 7 nitrogen and oxygen atoms in total. The molecular formula is C19H14FN2O5S-. The minimum Gasteiger partial charge on any atom is -0.545 e. The van der Waals surface area contributed by atoms with E-state index in [1.807, 2.05) is 0 Å². The van der Waals surface area contributed by atoms with Crippen LogP contribution in [0.3, 0.4) is 0 Å². The number of amides is 3. The molecule has 3 rings (SSSR count). The molecule has 144 valence electrons. The predicted octanol–water partition coefficient (Wildman–Crippen LogP) is 1.19. The van der Waals surface area contributed by atoms with Gasteiger partial charge < -0.3 is 15.2 Å². The highest BCUT2D eigenvalue weighted by molar-refractivity contribution is 8.01. The topological polar surface area (TPSA) is 107 Å². The number of hydrogen-bond acceptors (Lipinski definition) is 6. The van der Waals surface area contributed by atoms with Gasteiger partial charge in [0.15, 0.2) is 0 Å². The number of imide groups is 1. The van der Waals surface area contributed by atoms with Crippen molar-refractivity contribution in [2.45, 2.75) is 11.7 Å². The van der Waals surface area contributed by atoms with E-state index in [4.69, 9.17) is 0 Å². The highest BCUT2D eigenvalue weighted by Gasteiger charge is 2.40. The van der Waals surface area contributed by atoms with Crippen molar-refractivity contribution in [1.82, 2.24) is 0 Å². The summed E-state index contributed by atoms with van der Waals surface area (Å²) >= 11 is 1.01. The Labute approximate surface area is 163 Å². The van der Waals surface area contributed by atoms with Crippen LogP contribution in [0.25, 0.3) is 0 Å². The Kier molecular flexibility index (Phi) is 5.74. The molecule has 0 radical (unpaired) electrons. The molecule has 28 heavy (non-hydrogen) atoms. The number of benzene rings is 2. The van der Waals surface area contributed by atoms with Crippen LogP contribution >= 0.6 is 11.8 Å². The van der Waals surface area contributed by atoms with Gasteiger partial charge in [-0.2, -0.15) is 0 Å². The van der Waals surface area contributed by atoms with Gasteiger partial charge in [0.2, 0.25) is 17.7 Å². The van der Waals surface area contributed by atoms with E-state index >= 15 is 0 Å². The maximum Gasteiger partial charge on any atom is 0.247 e. The van der Waals surface area contributed by atoms with Crippen molar-refractivity contribution in [3.63, 3.8) is 0 Å². The number of carbonyl (C=O) groups excluding carboxylic acids is 4. The number of thioether (sulfide) groups is 1. The molecule has 9 heteroatoms.